The van der Waals surface area contributed by atoms with E-state index in [1.54, 1.807) is 36.4 Å². The Morgan fingerprint density at radius 1 is 0.903 bits per heavy atom. The van der Waals surface area contributed by atoms with Crippen LogP contribution in [0.15, 0.2) is 83.8 Å². The first-order valence-corrected chi connectivity index (χ1v) is 11.9. The summed E-state index contributed by atoms with van der Waals surface area (Å²) in [6.45, 7) is 0.388. The van der Waals surface area contributed by atoms with Gasteiger partial charge in [-0.1, -0.05) is 66.7 Å². The van der Waals surface area contributed by atoms with E-state index >= 15 is 0 Å². The summed E-state index contributed by atoms with van der Waals surface area (Å²) in [5, 5.41) is 2.84. The lowest BCUT2D eigenvalue weighted by Gasteiger charge is -2.19. The van der Waals surface area contributed by atoms with Gasteiger partial charge in [-0.3, -0.25) is 4.79 Å². The monoisotopic (exact) mass is 452 g/mol. The summed E-state index contributed by atoms with van der Waals surface area (Å²) in [6, 6.07) is 22.2. The van der Waals surface area contributed by atoms with E-state index in [1.165, 1.54) is 6.07 Å². The summed E-state index contributed by atoms with van der Waals surface area (Å²) in [4.78, 5) is 13.0. The maximum atomic E-state index is 13.2. The van der Waals surface area contributed by atoms with Gasteiger partial charge in [-0.05, 0) is 29.7 Å². The van der Waals surface area contributed by atoms with E-state index in [1.807, 2.05) is 36.4 Å². The van der Waals surface area contributed by atoms with Gasteiger partial charge in [0.05, 0.1) is 11.7 Å². The first kappa shape index (κ1) is 21.1. The third kappa shape index (κ3) is 4.96. The van der Waals surface area contributed by atoms with Crippen molar-refractivity contribution in [2.45, 2.75) is 17.4 Å². The van der Waals surface area contributed by atoms with E-state index in [0.29, 0.717) is 24.0 Å². The Morgan fingerprint density at radius 3 is 2.35 bits per heavy atom. The molecule has 0 unspecified atom stereocenters. The van der Waals surface area contributed by atoms with Crippen LogP contribution >= 0.6 is 11.7 Å². The predicted octanol–water partition coefficient (Wildman–Crippen LogP) is 3.07. The van der Waals surface area contributed by atoms with E-state index in [4.69, 9.17) is 0 Å². The van der Waals surface area contributed by atoms with Crippen LogP contribution in [0.5, 0.6) is 0 Å². The molecule has 0 fully saturated rings. The third-order valence-corrected chi connectivity index (χ3v) is 6.76. The van der Waals surface area contributed by atoms with Crippen LogP contribution < -0.4 is 10.0 Å². The van der Waals surface area contributed by atoms with Crippen LogP contribution in [-0.4, -0.2) is 29.6 Å². The van der Waals surface area contributed by atoms with E-state index in [2.05, 4.69) is 18.8 Å². The fraction of sp³-hybridized carbons (Fsp3) is 0.136. The van der Waals surface area contributed by atoms with Crippen molar-refractivity contribution in [3.63, 3.8) is 0 Å². The van der Waals surface area contributed by atoms with Gasteiger partial charge in [0.2, 0.25) is 15.9 Å². The summed E-state index contributed by atoms with van der Waals surface area (Å²) < 4.78 is 37.1. The van der Waals surface area contributed by atoms with Crippen LogP contribution in [0.25, 0.3) is 11.0 Å². The molecule has 158 valence electrons. The molecule has 4 rings (SSSR count). The largest absolute Gasteiger partial charge is 0.354 e. The molecule has 9 heteroatoms. The van der Waals surface area contributed by atoms with Gasteiger partial charge in [0.25, 0.3) is 0 Å². The van der Waals surface area contributed by atoms with Gasteiger partial charge in [-0.2, -0.15) is 13.5 Å². The van der Waals surface area contributed by atoms with Crippen molar-refractivity contribution in [2.24, 2.45) is 0 Å². The normalized spacial score (nSPS) is 12.5. The lowest BCUT2D eigenvalue weighted by molar-refractivity contribution is -0.122. The zero-order valence-corrected chi connectivity index (χ0v) is 18.1. The number of carbonyl (C=O) groups excluding carboxylic acids is 1. The fourth-order valence-electron chi connectivity index (χ4n) is 3.21. The van der Waals surface area contributed by atoms with Crippen LogP contribution in [-0.2, 0) is 21.2 Å². The first-order valence-electron chi connectivity index (χ1n) is 9.65. The minimum atomic E-state index is -4.03. The van der Waals surface area contributed by atoms with Crippen LogP contribution in [0, 0.1) is 0 Å². The average molecular weight is 453 g/mol. The Hall–Kier alpha value is -3.14. The second-order valence-electron chi connectivity index (χ2n) is 6.88. The van der Waals surface area contributed by atoms with Crippen LogP contribution in [0.3, 0.4) is 0 Å². The Bertz CT molecular complexity index is 1280. The number of hydrogen-bond acceptors (Lipinski definition) is 6. The molecule has 0 radical (unpaired) electrons. The Balaban J connectivity index is 1.56. The van der Waals surface area contributed by atoms with Crippen molar-refractivity contribution in [3.05, 3.63) is 90.0 Å². The van der Waals surface area contributed by atoms with Crippen molar-refractivity contribution in [3.8, 4) is 0 Å². The molecule has 1 atom stereocenters. The molecule has 7 nitrogen and oxygen atoms in total. The number of amides is 1. The molecule has 2 N–H and O–H groups in total. The molecule has 0 saturated carbocycles. The van der Waals surface area contributed by atoms with Gasteiger partial charge < -0.3 is 5.32 Å². The predicted molar refractivity (Wildman–Crippen MR) is 120 cm³/mol. The summed E-state index contributed by atoms with van der Waals surface area (Å²) in [5.74, 6) is -0.422. The van der Waals surface area contributed by atoms with Crippen molar-refractivity contribution in [2.75, 3.05) is 6.54 Å². The van der Waals surface area contributed by atoms with Crippen molar-refractivity contribution in [1.82, 2.24) is 18.8 Å². The van der Waals surface area contributed by atoms with Crippen LogP contribution in [0.4, 0.5) is 0 Å². The Labute approximate surface area is 184 Å². The van der Waals surface area contributed by atoms with Gasteiger partial charge in [-0.15, -0.1) is 0 Å². The minimum absolute atomic E-state index is 0.00299. The second kappa shape index (κ2) is 9.34. The molecule has 3 aromatic carbocycles. The highest BCUT2D eigenvalue weighted by Gasteiger charge is 2.28. The van der Waals surface area contributed by atoms with Gasteiger partial charge in [0.1, 0.15) is 22.0 Å². The smallest absolute Gasteiger partial charge is 0.243 e. The van der Waals surface area contributed by atoms with Gasteiger partial charge >= 0.3 is 0 Å². The molecule has 4 aromatic rings. The second-order valence-corrected chi connectivity index (χ2v) is 9.09. The van der Waals surface area contributed by atoms with Gasteiger partial charge in [0.15, 0.2) is 0 Å². The van der Waals surface area contributed by atoms with E-state index in [-0.39, 0.29) is 10.4 Å². The molecule has 1 heterocycles. The maximum Gasteiger partial charge on any atom is 0.243 e. The highest BCUT2D eigenvalue weighted by molar-refractivity contribution is 7.89. The molecular formula is C22H20N4O3S2. The van der Waals surface area contributed by atoms with Crippen molar-refractivity contribution < 1.29 is 13.2 Å². The number of sulfonamides is 1. The number of aromatic nitrogens is 2. The fourth-order valence-corrected chi connectivity index (χ4v) is 5.16. The summed E-state index contributed by atoms with van der Waals surface area (Å²) in [6.07, 6.45) is 0.643. The summed E-state index contributed by atoms with van der Waals surface area (Å²) >= 11 is 0.942. The Kier molecular flexibility index (Phi) is 6.36. The summed E-state index contributed by atoms with van der Waals surface area (Å²) in [7, 11) is -4.03. The lowest BCUT2D eigenvalue weighted by atomic mass is 10.1. The Morgan fingerprint density at radius 2 is 1.61 bits per heavy atom. The molecule has 0 spiro atoms. The number of rotatable bonds is 8. The molecule has 0 bridgehead atoms. The van der Waals surface area contributed by atoms with Crippen LogP contribution in [0.1, 0.15) is 17.2 Å². The highest BCUT2D eigenvalue weighted by Crippen LogP contribution is 2.23. The quantitative estimate of drug-likeness (QED) is 0.428. The van der Waals surface area contributed by atoms with Gasteiger partial charge in [-0.25, -0.2) is 8.42 Å². The highest BCUT2D eigenvalue weighted by atomic mass is 32.2. The maximum absolute atomic E-state index is 13.2. The number of fused-ring (bicyclic) bond motifs is 1. The van der Waals surface area contributed by atoms with E-state index < -0.39 is 22.0 Å². The minimum Gasteiger partial charge on any atom is -0.354 e. The molecule has 0 aliphatic rings. The number of hydrogen-bond donors (Lipinski definition) is 2. The first-order chi connectivity index (χ1) is 15.0. The molecular weight excluding hydrogens is 432 g/mol. The molecule has 0 saturated heterocycles. The van der Waals surface area contributed by atoms with E-state index in [0.717, 1.165) is 17.3 Å². The number of benzene rings is 3. The third-order valence-electron chi connectivity index (χ3n) is 4.76. The topological polar surface area (TPSA) is 101 Å². The standard InChI is InChI=1S/C22H20N4O3S2/c27-22(23-15-14-16-8-3-1-4-9-16)20(17-10-5-2-6-11-17)26-31(28,29)19-13-7-12-18-21(19)25-30-24-18/h1-13,20,26H,14-15H2,(H,23,27)/t20-/m1/s1. The molecule has 0 aliphatic heterocycles. The zero-order chi connectivity index (χ0) is 21.7. The molecule has 1 aromatic heterocycles. The van der Waals surface area contributed by atoms with E-state index in [9.17, 15) is 13.2 Å². The number of carbonyl (C=O) groups is 1. The summed E-state index contributed by atoms with van der Waals surface area (Å²) in [5.41, 5.74) is 2.42. The van der Waals surface area contributed by atoms with Crippen molar-refractivity contribution >= 4 is 38.7 Å². The van der Waals surface area contributed by atoms with Crippen molar-refractivity contribution in [1.29, 1.82) is 0 Å². The lowest BCUT2D eigenvalue weighted by Crippen LogP contribution is -2.41. The van der Waals surface area contributed by atoms with Gasteiger partial charge in [0, 0.05) is 6.54 Å². The number of nitrogens with one attached hydrogen (secondary N) is 2. The zero-order valence-electron chi connectivity index (χ0n) is 16.4. The van der Waals surface area contributed by atoms with Crippen LogP contribution in [0.2, 0.25) is 0 Å². The SMILES string of the molecule is O=C(NCCc1ccccc1)[C@H](NS(=O)(=O)c1cccc2nsnc12)c1ccccc1. The molecule has 1 amide bonds. The molecule has 31 heavy (non-hydrogen) atoms. The average Bonchev–Trinajstić information content (AvgIpc) is 3.27. The number of nitrogens with zero attached hydrogens (tertiary/aromatic N) is 2. The molecule has 0 aliphatic carbocycles.